The first-order valence-corrected chi connectivity index (χ1v) is 14.3. The van der Waals surface area contributed by atoms with Crippen LogP contribution in [0.25, 0.3) is 0 Å². The van der Waals surface area contributed by atoms with E-state index in [4.69, 9.17) is 4.74 Å². The number of rotatable bonds is 10. The van der Waals surface area contributed by atoms with Gasteiger partial charge in [0.2, 0.25) is 5.91 Å². The Morgan fingerprint density at radius 2 is 1.55 bits per heavy atom. The van der Waals surface area contributed by atoms with Crippen LogP contribution in [0.5, 0.6) is 5.75 Å². The summed E-state index contributed by atoms with van der Waals surface area (Å²) < 4.78 is 19.8. The summed E-state index contributed by atoms with van der Waals surface area (Å²) >= 11 is 0. The highest BCUT2D eigenvalue weighted by molar-refractivity contribution is 5.88. The van der Waals surface area contributed by atoms with E-state index in [9.17, 15) is 14.0 Å². The van der Waals surface area contributed by atoms with Crippen molar-refractivity contribution in [1.29, 1.82) is 0 Å². The molecule has 212 valence electrons. The Bertz CT molecular complexity index is 1250. The van der Waals surface area contributed by atoms with E-state index in [0.717, 1.165) is 42.4 Å². The Morgan fingerprint density at radius 3 is 2.23 bits per heavy atom. The molecule has 6 heteroatoms. The maximum Gasteiger partial charge on any atom is 0.261 e. The van der Waals surface area contributed by atoms with Gasteiger partial charge in [0.15, 0.2) is 6.61 Å². The molecule has 5 nitrogen and oxygen atoms in total. The minimum atomic E-state index is -0.747. The van der Waals surface area contributed by atoms with E-state index in [1.807, 2.05) is 54.6 Å². The average Bonchev–Trinajstić information content (AvgIpc) is 2.95. The van der Waals surface area contributed by atoms with Gasteiger partial charge in [0.1, 0.15) is 17.6 Å². The van der Waals surface area contributed by atoms with E-state index in [-0.39, 0.29) is 42.2 Å². The van der Waals surface area contributed by atoms with E-state index in [0.29, 0.717) is 12.2 Å². The Labute approximate surface area is 237 Å². The standard InChI is InChI=1S/C34H41FN2O3/c1-34(2,3)29-16-10-11-17-31(29)40-24-32(38)37(23-26-18-20-27(35)21-19-26)30(22-25-12-6-4-7-13-25)33(39)36-28-14-8-5-9-15-28/h4,6-7,10-13,16-21,28,30H,5,8-9,14-15,22-24H2,1-3H3,(H,36,39). The lowest BCUT2D eigenvalue weighted by Crippen LogP contribution is -2.53. The van der Waals surface area contributed by atoms with Crippen molar-refractivity contribution < 1.29 is 18.7 Å². The summed E-state index contributed by atoms with van der Waals surface area (Å²) in [6, 6.07) is 22.9. The molecule has 3 aromatic rings. The van der Waals surface area contributed by atoms with Crippen LogP contribution in [0.4, 0.5) is 4.39 Å². The average molecular weight is 545 g/mol. The number of nitrogens with zero attached hydrogens (tertiary/aromatic N) is 1. The predicted molar refractivity (Wildman–Crippen MR) is 157 cm³/mol. The van der Waals surface area contributed by atoms with Crippen molar-refractivity contribution in [2.24, 2.45) is 0 Å². The van der Waals surface area contributed by atoms with Crippen molar-refractivity contribution >= 4 is 11.8 Å². The molecule has 1 fully saturated rings. The topological polar surface area (TPSA) is 58.6 Å². The van der Waals surface area contributed by atoms with Crippen LogP contribution in [0.2, 0.25) is 0 Å². The first kappa shape index (κ1) is 29.3. The van der Waals surface area contributed by atoms with Crippen LogP contribution in [-0.4, -0.2) is 35.4 Å². The number of hydrogen-bond acceptors (Lipinski definition) is 3. The molecular weight excluding hydrogens is 503 g/mol. The molecule has 1 N–H and O–H groups in total. The van der Waals surface area contributed by atoms with Crippen LogP contribution >= 0.6 is 0 Å². The maximum absolute atomic E-state index is 13.9. The number of amides is 2. The number of carbonyl (C=O) groups excluding carboxylic acids is 2. The van der Waals surface area contributed by atoms with Crippen LogP contribution in [0.15, 0.2) is 78.9 Å². The molecule has 1 unspecified atom stereocenters. The third kappa shape index (κ3) is 8.17. The number of nitrogens with one attached hydrogen (secondary N) is 1. The van der Waals surface area contributed by atoms with Gasteiger partial charge in [-0.2, -0.15) is 0 Å². The molecule has 0 aliphatic heterocycles. The molecule has 1 atom stereocenters. The molecule has 0 spiro atoms. The van der Waals surface area contributed by atoms with Crippen molar-refractivity contribution in [3.8, 4) is 5.75 Å². The van der Waals surface area contributed by atoms with Crippen molar-refractivity contribution in [3.63, 3.8) is 0 Å². The Kier molecular flexibility index (Phi) is 9.97. The molecule has 1 aliphatic rings. The molecule has 40 heavy (non-hydrogen) atoms. The minimum absolute atomic E-state index is 0.109. The SMILES string of the molecule is CC(C)(C)c1ccccc1OCC(=O)N(Cc1ccc(F)cc1)C(Cc1ccccc1)C(=O)NC1CCCCC1. The zero-order chi connectivity index (χ0) is 28.5. The maximum atomic E-state index is 13.9. The number of halogens is 1. The summed E-state index contributed by atoms with van der Waals surface area (Å²) in [5, 5.41) is 3.24. The Morgan fingerprint density at radius 1 is 0.900 bits per heavy atom. The number of carbonyl (C=O) groups is 2. The third-order valence-electron chi connectivity index (χ3n) is 7.54. The molecule has 4 rings (SSSR count). The molecule has 0 heterocycles. The second-order valence-corrected chi connectivity index (χ2v) is 11.7. The summed E-state index contributed by atoms with van der Waals surface area (Å²) in [4.78, 5) is 29.4. The van der Waals surface area contributed by atoms with E-state index < -0.39 is 6.04 Å². The predicted octanol–water partition coefficient (Wildman–Crippen LogP) is 6.59. The molecule has 1 saturated carbocycles. The Hall–Kier alpha value is -3.67. The number of benzene rings is 3. The van der Waals surface area contributed by atoms with Gasteiger partial charge in [-0.15, -0.1) is 0 Å². The molecule has 0 bridgehead atoms. The van der Waals surface area contributed by atoms with Gasteiger partial charge in [0.25, 0.3) is 5.91 Å². The molecule has 3 aromatic carbocycles. The fraction of sp³-hybridized carbons (Fsp3) is 0.412. The normalized spacial score (nSPS) is 14.8. The lowest BCUT2D eigenvalue weighted by molar-refractivity contribution is -0.143. The Balaban J connectivity index is 1.63. The van der Waals surface area contributed by atoms with E-state index in [1.54, 1.807) is 17.0 Å². The smallest absolute Gasteiger partial charge is 0.261 e. The monoisotopic (exact) mass is 544 g/mol. The van der Waals surface area contributed by atoms with Gasteiger partial charge < -0.3 is 15.0 Å². The number of ether oxygens (including phenoxy) is 1. The highest BCUT2D eigenvalue weighted by Gasteiger charge is 2.32. The molecule has 1 aliphatic carbocycles. The van der Waals surface area contributed by atoms with Gasteiger partial charge in [-0.3, -0.25) is 9.59 Å². The molecule has 0 saturated heterocycles. The molecule has 0 aromatic heterocycles. The fourth-order valence-electron chi connectivity index (χ4n) is 5.32. The van der Waals surface area contributed by atoms with Crippen molar-refractivity contribution in [2.75, 3.05) is 6.61 Å². The van der Waals surface area contributed by atoms with Gasteiger partial charge in [0.05, 0.1) is 0 Å². The van der Waals surface area contributed by atoms with E-state index >= 15 is 0 Å². The molecule has 2 amide bonds. The van der Waals surface area contributed by atoms with Crippen LogP contribution in [-0.2, 0) is 28.0 Å². The summed E-state index contributed by atoms with van der Waals surface area (Å²) in [6.07, 6.45) is 5.62. The quantitative estimate of drug-likeness (QED) is 0.313. The molecular formula is C34H41FN2O3. The van der Waals surface area contributed by atoms with Crippen LogP contribution in [0.1, 0.15) is 69.6 Å². The lowest BCUT2D eigenvalue weighted by Gasteiger charge is -2.33. The number of hydrogen-bond donors (Lipinski definition) is 1. The van der Waals surface area contributed by atoms with Crippen molar-refractivity contribution in [2.45, 2.75) is 83.3 Å². The van der Waals surface area contributed by atoms with Gasteiger partial charge in [0, 0.05) is 19.0 Å². The largest absolute Gasteiger partial charge is 0.483 e. The lowest BCUT2D eigenvalue weighted by atomic mass is 9.86. The van der Waals surface area contributed by atoms with Crippen molar-refractivity contribution in [1.82, 2.24) is 10.2 Å². The summed E-state index contributed by atoms with van der Waals surface area (Å²) in [7, 11) is 0. The van der Waals surface area contributed by atoms with E-state index in [2.05, 4.69) is 26.1 Å². The van der Waals surface area contributed by atoms with Gasteiger partial charge in [-0.05, 0) is 53.1 Å². The van der Waals surface area contributed by atoms with Crippen LogP contribution in [0.3, 0.4) is 0 Å². The summed E-state index contributed by atoms with van der Waals surface area (Å²) in [5.41, 5.74) is 2.54. The summed E-state index contributed by atoms with van der Waals surface area (Å²) in [5.74, 6) is -0.162. The first-order valence-electron chi connectivity index (χ1n) is 14.3. The first-order chi connectivity index (χ1) is 19.2. The second-order valence-electron chi connectivity index (χ2n) is 11.7. The van der Waals surface area contributed by atoms with Gasteiger partial charge >= 0.3 is 0 Å². The van der Waals surface area contributed by atoms with Crippen molar-refractivity contribution in [3.05, 3.63) is 101 Å². The highest BCUT2D eigenvalue weighted by Crippen LogP contribution is 2.31. The number of para-hydroxylation sites is 1. The fourth-order valence-corrected chi connectivity index (χ4v) is 5.32. The van der Waals surface area contributed by atoms with Gasteiger partial charge in [-0.25, -0.2) is 4.39 Å². The van der Waals surface area contributed by atoms with E-state index in [1.165, 1.54) is 18.6 Å². The van der Waals surface area contributed by atoms with Gasteiger partial charge in [-0.1, -0.05) is 101 Å². The summed E-state index contributed by atoms with van der Waals surface area (Å²) in [6.45, 7) is 6.26. The van der Waals surface area contributed by atoms with Crippen LogP contribution in [0, 0.1) is 5.82 Å². The zero-order valence-electron chi connectivity index (χ0n) is 23.9. The van der Waals surface area contributed by atoms with Crippen LogP contribution < -0.4 is 10.1 Å². The second kappa shape index (κ2) is 13.6. The highest BCUT2D eigenvalue weighted by atomic mass is 19.1. The minimum Gasteiger partial charge on any atom is -0.483 e. The molecule has 0 radical (unpaired) electrons. The zero-order valence-corrected chi connectivity index (χ0v) is 23.9. The third-order valence-corrected chi connectivity index (χ3v) is 7.54.